The van der Waals surface area contributed by atoms with Crippen LogP contribution < -0.4 is 25.5 Å². The Labute approximate surface area is 172 Å². The number of hydrogen-bond acceptors (Lipinski definition) is 5. The lowest BCUT2D eigenvalue weighted by atomic mass is 9.86. The van der Waals surface area contributed by atoms with Crippen LogP contribution >= 0.6 is 12.2 Å². The van der Waals surface area contributed by atoms with Gasteiger partial charge in [-0.1, -0.05) is 19.8 Å². The van der Waals surface area contributed by atoms with Crippen LogP contribution in [0.25, 0.3) is 0 Å². The molecule has 1 aromatic carbocycles. The van der Waals surface area contributed by atoms with E-state index in [1.165, 1.54) is 19.3 Å². The number of rotatable bonds is 8. The van der Waals surface area contributed by atoms with Crippen molar-refractivity contribution in [1.29, 1.82) is 0 Å². The van der Waals surface area contributed by atoms with Gasteiger partial charge in [-0.15, -0.1) is 0 Å². The van der Waals surface area contributed by atoms with Gasteiger partial charge in [-0.05, 0) is 61.7 Å². The Morgan fingerprint density at radius 2 is 2.11 bits per heavy atom. The first-order valence-corrected chi connectivity index (χ1v) is 10.1. The number of nitrogens with one attached hydrogen (secondary N) is 3. The molecule has 1 aliphatic rings. The summed E-state index contributed by atoms with van der Waals surface area (Å²) >= 11 is 5.33. The Balaban J connectivity index is 1.87. The molecule has 1 aromatic rings. The van der Waals surface area contributed by atoms with Crippen LogP contribution in [0.15, 0.2) is 23.3 Å². The fraction of sp³-hybridized carbons (Fsp3) is 0.550. The van der Waals surface area contributed by atoms with Gasteiger partial charge in [0.2, 0.25) is 0 Å². The summed E-state index contributed by atoms with van der Waals surface area (Å²) < 4.78 is 10.8. The maximum absolute atomic E-state index is 11.5. The second-order valence-corrected chi connectivity index (χ2v) is 7.27. The Kier molecular flexibility index (Phi) is 9.00. The lowest BCUT2D eigenvalue weighted by molar-refractivity contribution is -0.123. The van der Waals surface area contributed by atoms with E-state index in [9.17, 15) is 4.79 Å². The van der Waals surface area contributed by atoms with Gasteiger partial charge in [-0.3, -0.25) is 10.2 Å². The van der Waals surface area contributed by atoms with Crippen molar-refractivity contribution in [3.05, 3.63) is 23.8 Å². The van der Waals surface area contributed by atoms with Crippen molar-refractivity contribution >= 4 is 29.5 Å². The van der Waals surface area contributed by atoms with E-state index >= 15 is 0 Å². The van der Waals surface area contributed by atoms with Crippen LogP contribution in [0.2, 0.25) is 0 Å². The number of benzene rings is 1. The van der Waals surface area contributed by atoms with E-state index in [1.807, 2.05) is 13.0 Å². The normalized spacial score (nSPS) is 19.1. The van der Waals surface area contributed by atoms with Crippen molar-refractivity contribution < 1.29 is 14.3 Å². The molecule has 1 amide bonds. The smallest absolute Gasteiger partial charge is 0.257 e. The Morgan fingerprint density at radius 3 is 2.82 bits per heavy atom. The van der Waals surface area contributed by atoms with Crippen LogP contribution in [0.4, 0.5) is 0 Å². The molecule has 154 valence electrons. The van der Waals surface area contributed by atoms with Crippen molar-refractivity contribution in [2.45, 2.75) is 45.6 Å². The first-order valence-electron chi connectivity index (χ1n) is 9.70. The molecular weight excluding hydrogens is 376 g/mol. The van der Waals surface area contributed by atoms with Crippen LogP contribution in [0.1, 0.15) is 45.1 Å². The lowest BCUT2D eigenvalue weighted by Crippen LogP contribution is -2.44. The van der Waals surface area contributed by atoms with Gasteiger partial charge in [0.1, 0.15) is 0 Å². The van der Waals surface area contributed by atoms with Crippen molar-refractivity contribution in [1.82, 2.24) is 16.1 Å². The average Bonchev–Trinajstić information content (AvgIpc) is 2.68. The number of hydrogen-bond donors (Lipinski definition) is 3. The number of ether oxygens (including phenoxy) is 2. The number of hydrazone groups is 1. The standard InChI is InChI=1S/C20H30N4O3S/c1-4-21-19(25)13-27-17-10-9-15(11-18(17)26-3)12-22-24-20(28)23-16-8-6-5-7-14(16)2/h9-12,14,16H,4-8,13H2,1-3H3,(H,21,25)(H2,23,24,28)/b22-12-/t14-,16+/m0/s1. The molecular formula is C20H30N4O3S. The van der Waals surface area contributed by atoms with E-state index in [1.54, 1.807) is 25.5 Å². The minimum absolute atomic E-state index is 0.0568. The summed E-state index contributed by atoms with van der Waals surface area (Å²) in [5, 5.41) is 10.8. The number of carbonyl (C=O) groups is 1. The second-order valence-electron chi connectivity index (χ2n) is 6.86. The number of carbonyl (C=O) groups excluding carboxylic acids is 1. The average molecular weight is 407 g/mol. The van der Waals surface area contributed by atoms with E-state index in [0.717, 1.165) is 12.0 Å². The Bertz CT molecular complexity index is 696. The van der Waals surface area contributed by atoms with Crippen molar-refractivity contribution in [2.75, 3.05) is 20.3 Å². The van der Waals surface area contributed by atoms with Crippen LogP contribution in [0.5, 0.6) is 11.5 Å². The number of thiocarbonyl (C=S) groups is 1. The maximum atomic E-state index is 11.5. The monoisotopic (exact) mass is 406 g/mol. The Morgan fingerprint density at radius 1 is 1.32 bits per heavy atom. The van der Waals surface area contributed by atoms with E-state index in [4.69, 9.17) is 21.7 Å². The molecule has 0 unspecified atom stereocenters. The van der Waals surface area contributed by atoms with Crippen molar-refractivity contribution in [2.24, 2.45) is 11.0 Å². The zero-order valence-corrected chi connectivity index (χ0v) is 17.6. The van der Waals surface area contributed by atoms with E-state index < -0.39 is 0 Å². The maximum Gasteiger partial charge on any atom is 0.257 e. The van der Waals surface area contributed by atoms with Crippen LogP contribution in [-0.2, 0) is 4.79 Å². The van der Waals surface area contributed by atoms with E-state index in [2.05, 4.69) is 28.1 Å². The van der Waals surface area contributed by atoms with Crippen LogP contribution in [0, 0.1) is 5.92 Å². The highest BCUT2D eigenvalue weighted by atomic mass is 32.1. The number of likely N-dealkylation sites (N-methyl/N-ethyl adjacent to an activating group) is 1. The largest absolute Gasteiger partial charge is 0.493 e. The summed E-state index contributed by atoms with van der Waals surface area (Å²) in [7, 11) is 1.55. The minimum atomic E-state index is -0.173. The molecule has 1 saturated carbocycles. The third-order valence-electron chi connectivity index (χ3n) is 4.73. The predicted octanol–water partition coefficient (Wildman–Crippen LogP) is 2.59. The van der Waals surface area contributed by atoms with Gasteiger partial charge in [0.25, 0.3) is 5.91 Å². The molecule has 2 atom stereocenters. The number of methoxy groups -OCH3 is 1. The van der Waals surface area contributed by atoms with Crippen LogP contribution in [-0.4, -0.2) is 43.5 Å². The highest BCUT2D eigenvalue weighted by molar-refractivity contribution is 7.80. The molecule has 2 rings (SSSR count). The highest BCUT2D eigenvalue weighted by Crippen LogP contribution is 2.27. The molecule has 0 aliphatic heterocycles. The molecule has 0 bridgehead atoms. The fourth-order valence-corrected chi connectivity index (χ4v) is 3.38. The second kappa shape index (κ2) is 11.5. The van der Waals surface area contributed by atoms with Gasteiger partial charge in [-0.2, -0.15) is 5.10 Å². The quantitative estimate of drug-likeness (QED) is 0.350. The summed E-state index contributed by atoms with van der Waals surface area (Å²) in [6.45, 7) is 4.62. The first-order chi connectivity index (χ1) is 13.5. The first kappa shape index (κ1) is 21.9. The molecule has 7 nitrogen and oxygen atoms in total. The van der Waals surface area contributed by atoms with Gasteiger partial charge in [0, 0.05) is 12.6 Å². The summed E-state index contributed by atoms with van der Waals surface area (Å²) in [6.07, 6.45) is 6.57. The Hall–Kier alpha value is -2.35. The summed E-state index contributed by atoms with van der Waals surface area (Å²) in [5.41, 5.74) is 3.69. The summed E-state index contributed by atoms with van der Waals surface area (Å²) in [4.78, 5) is 11.5. The fourth-order valence-electron chi connectivity index (χ4n) is 3.17. The van der Waals surface area contributed by atoms with E-state index in [0.29, 0.717) is 35.1 Å². The molecule has 0 spiro atoms. The molecule has 0 aromatic heterocycles. The van der Waals surface area contributed by atoms with Gasteiger partial charge < -0.3 is 20.1 Å². The summed E-state index contributed by atoms with van der Waals surface area (Å²) in [6, 6.07) is 5.78. The van der Waals surface area contributed by atoms with E-state index in [-0.39, 0.29) is 12.5 Å². The third-order valence-corrected chi connectivity index (χ3v) is 4.94. The SMILES string of the molecule is CCNC(=O)COc1ccc(/C=N\NC(=S)N[C@@H]2CCCC[C@@H]2C)cc1OC. The molecule has 1 aliphatic carbocycles. The van der Waals surface area contributed by atoms with Gasteiger partial charge in [0.15, 0.2) is 23.2 Å². The number of amides is 1. The number of nitrogens with zero attached hydrogens (tertiary/aromatic N) is 1. The predicted molar refractivity (Wildman–Crippen MR) is 115 cm³/mol. The zero-order chi connectivity index (χ0) is 20.4. The summed E-state index contributed by atoms with van der Waals surface area (Å²) in [5.74, 6) is 1.48. The molecule has 3 N–H and O–H groups in total. The van der Waals surface area contributed by atoms with Crippen LogP contribution in [0.3, 0.4) is 0 Å². The van der Waals surface area contributed by atoms with Crippen molar-refractivity contribution in [3.63, 3.8) is 0 Å². The molecule has 0 saturated heterocycles. The molecule has 1 fully saturated rings. The topological polar surface area (TPSA) is 84.0 Å². The zero-order valence-electron chi connectivity index (χ0n) is 16.8. The van der Waals surface area contributed by atoms with Crippen molar-refractivity contribution in [3.8, 4) is 11.5 Å². The molecule has 0 radical (unpaired) electrons. The molecule has 28 heavy (non-hydrogen) atoms. The highest BCUT2D eigenvalue weighted by Gasteiger charge is 2.21. The van der Waals surface area contributed by atoms with Gasteiger partial charge >= 0.3 is 0 Å². The van der Waals surface area contributed by atoms with Gasteiger partial charge in [0.05, 0.1) is 13.3 Å². The molecule has 0 heterocycles. The minimum Gasteiger partial charge on any atom is -0.493 e. The molecule has 8 heteroatoms. The van der Waals surface area contributed by atoms with Gasteiger partial charge in [-0.25, -0.2) is 0 Å². The lowest BCUT2D eigenvalue weighted by Gasteiger charge is -2.30. The third kappa shape index (κ3) is 6.99.